The lowest BCUT2D eigenvalue weighted by Crippen LogP contribution is -2.47. The molecular weight excluding hydrogens is 510 g/mol. The maximum Gasteiger partial charge on any atom is 0.511 e. The number of anilines is 1. The van der Waals surface area contributed by atoms with Crippen LogP contribution in [0.4, 0.5) is 32.0 Å². The van der Waals surface area contributed by atoms with Gasteiger partial charge in [0, 0.05) is 24.8 Å². The number of nitrogens with one attached hydrogen (secondary N) is 1. The molecule has 1 fully saturated rings. The molecular formula is C23H28F6N4O2S. The van der Waals surface area contributed by atoms with E-state index in [1.165, 1.54) is 6.07 Å². The largest absolute Gasteiger partial charge is 0.511 e. The molecule has 0 saturated heterocycles. The summed E-state index contributed by atoms with van der Waals surface area (Å²) in [5.74, 6) is 1.00. The molecule has 1 aromatic heterocycles. The van der Waals surface area contributed by atoms with Crippen molar-refractivity contribution in [3.8, 4) is 0 Å². The Morgan fingerprint density at radius 3 is 2.36 bits per heavy atom. The lowest BCUT2D eigenvalue weighted by molar-refractivity contribution is -0.137. The van der Waals surface area contributed by atoms with Crippen molar-refractivity contribution in [2.24, 2.45) is 5.92 Å². The van der Waals surface area contributed by atoms with Crippen molar-refractivity contribution < 1.29 is 34.8 Å². The number of hydrogen-bond acceptors (Lipinski definition) is 4. The first-order valence-corrected chi connectivity index (χ1v) is 13.2. The third kappa shape index (κ3) is 5.66. The number of benzene rings is 1. The number of rotatable bonds is 6. The van der Waals surface area contributed by atoms with Crippen LogP contribution in [0.2, 0.25) is 0 Å². The quantitative estimate of drug-likeness (QED) is 0.476. The van der Waals surface area contributed by atoms with E-state index in [4.69, 9.17) is 0 Å². The summed E-state index contributed by atoms with van der Waals surface area (Å²) < 4.78 is 106. The lowest BCUT2D eigenvalue weighted by atomic mass is 9.97. The highest BCUT2D eigenvalue weighted by atomic mass is 32.2. The highest BCUT2D eigenvalue weighted by Gasteiger charge is 2.51. The van der Waals surface area contributed by atoms with E-state index in [9.17, 15) is 34.8 Å². The highest BCUT2D eigenvalue weighted by Crippen LogP contribution is 2.40. The molecule has 2 aromatic rings. The van der Waals surface area contributed by atoms with Crippen LogP contribution in [0.25, 0.3) is 0 Å². The van der Waals surface area contributed by atoms with Crippen LogP contribution in [0.15, 0.2) is 24.4 Å². The maximum atomic E-state index is 13.6. The number of aromatic nitrogens is 2. The summed E-state index contributed by atoms with van der Waals surface area (Å²) in [6.07, 6.45) is 2.07. The van der Waals surface area contributed by atoms with Gasteiger partial charge in [0.2, 0.25) is 0 Å². The molecule has 2 aliphatic rings. The predicted octanol–water partition coefficient (Wildman–Crippen LogP) is 5.75. The standard InChI is InChI=1S/C23H28F6N4O2S/c1-15-30-11-19(31-15)13-33-20(8-6-16-4-2-3-5-16)14-32(36(34,35)23(27,28)29)12-17-10-18(22(24,25)26)7-9-21(17)33/h7,9-11,16,20H,2-6,8,12-14H2,1H3,(H,30,31)/t20-/m1/s1. The Kier molecular flexibility index (Phi) is 7.35. The van der Waals surface area contributed by atoms with Crippen LogP contribution in [0.3, 0.4) is 0 Å². The zero-order valence-electron chi connectivity index (χ0n) is 19.7. The average molecular weight is 539 g/mol. The first-order chi connectivity index (χ1) is 16.8. The van der Waals surface area contributed by atoms with Gasteiger partial charge in [-0.15, -0.1) is 0 Å². The Balaban J connectivity index is 1.79. The third-order valence-electron chi connectivity index (χ3n) is 7.03. The second kappa shape index (κ2) is 9.88. The second-order valence-electron chi connectivity index (χ2n) is 9.59. The molecule has 4 rings (SSSR count). The maximum absolute atomic E-state index is 13.6. The van der Waals surface area contributed by atoms with Crippen molar-refractivity contribution in [1.29, 1.82) is 0 Å². The van der Waals surface area contributed by atoms with Gasteiger partial charge in [-0.25, -0.2) is 13.4 Å². The van der Waals surface area contributed by atoms with E-state index < -0.39 is 46.4 Å². The molecule has 1 aliphatic heterocycles. The Morgan fingerprint density at radius 2 is 1.78 bits per heavy atom. The molecule has 1 N–H and O–H groups in total. The fourth-order valence-corrected chi connectivity index (χ4v) is 6.18. The Morgan fingerprint density at radius 1 is 1.08 bits per heavy atom. The molecule has 2 heterocycles. The van der Waals surface area contributed by atoms with Gasteiger partial charge in [0.15, 0.2) is 0 Å². The molecule has 6 nitrogen and oxygen atoms in total. The van der Waals surface area contributed by atoms with Gasteiger partial charge in [0.1, 0.15) is 5.82 Å². The van der Waals surface area contributed by atoms with Crippen LogP contribution in [0.1, 0.15) is 61.2 Å². The van der Waals surface area contributed by atoms with Gasteiger partial charge in [-0.2, -0.15) is 30.6 Å². The topological polar surface area (TPSA) is 69.3 Å². The van der Waals surface area contributed by atoms with Crippen molar-refractivity contribution in [3.63, 3.8) is 0 Å². The molecule has 0 bridgehead atoms. The minimum Gasteiger partial charge on any atom is -0.361 e. The number of halogens is 6. The molecule has 36 heavy (non-hydrogen) atoms. The van der Waals surface area contributed by atoms with Crippen LogP contribution in [-0.4, -0.2) is 40.8 Å². The molecule has 1 aliphatic carbocycles. The monoisotopic (exact) mass is 538 g/mol. The number of hydrogen-bond donors (Lipinski definition) is 1. The van der Waals surface area contributed by atoms with Crippen molar-refractivity contribution in [2.45, 2.75) is 76.3 Å². The van der Waals surface area contributed by atoms with E-state index in [2.05, 4.69) is 9.97 Å². The van der Waals surface area contributed by atoms with Gasteiger partial charge < -0.3 is 9.88 Å². The summed E-state index contributed by atoms with van der Waals surface area (Å²) in [5, 5.41) is 0. The third-order valence-corrected chi connectivity index (χ3v) is 8.57. The molecule has 1 atom stereocenters. The highest BCUT2D eigenvalue weighted by molar-refractivity contribution is 7.89. The summed E-state index contributed by atoms with van der Waals surface area (Å²) in [5.41, 5.74) is -5.84. The fraction of sp³-hybridized carbons (Fsp3) is 0.609. The van der Waals surface area contributed by atoms with Crippen LogP contribution in [0, 0.1) is 12.8 Å². The predicted molar refractivity (Wildman–Crippen MR) is 121 cm³/mol. The number of H-pyrrole nitrogens is 1. The fourth-order valence-electron chi connectivity index (χ4n) is 5.21. The molecule has 0 spiro atoms. The van der Waals surface area contributed by atoms with Gasteiger partial charge in [-0.05, 0) is 49.4 Å². The van der Waals surface area contributed by atoms with Crippen LogP contribution in [0.5, 0.6) is 0 Å². The van der Waals surface area contributed by atoms with E-state index in [1.807, 2.05) is 0 Å². The summed E-state index contributed by atoms with van der Waals surface area (Å²) in [7, 11) is -5.77. The number of imidazole rings is 1. The van der Waals surface area contributed by atoms with Crippen LogP contribution < -0.4 is 4.90 Å². The van der Waals surface area contributed by atoms with Gasteiger partial charge >= 0.3 is 21.7 Å². The first kappa shape index (κ1) is 26.8. The number of aryl methyl sites for hydroxylation is 1. The number of sulfonamides is 1. The summed E-state index contributed by atoms with van der Waals surface area (Å²) in [6, 6.07) is 2.18. The lowest BCUT2D eigenvalue weighted by Gasteiger charge is -2.34. The van der Waals surface area contributed by atoms with E-state index in [0.717, 1.165) is 37.8 Å². The zero-order valence-corrected chi connectivity index (χ0v) is 20.5. The SMILES string of the molecule is Cc1ncc(CN2c3ccc(C(F)(F)F)cc3CN(S(=O)(=O)C(F)(F)F)C[C@H]2CCC2CCCC2)[nH]1. The second-order valence-corrected chi connectivity index (χ2v) is 11.5. The molecule has 13 heteroatoms. The number of aromatic amines is 1. The first-order valence-electron chi connectivity index (χ1n) is 11.8. The summed E-state index contributed by atoms with van der Waals surface area (Å²) in [4.78, 5) is 8.92. The van der Waals surface area contributed by atoms with Crippen molar-refractivity contribution in [1.82, 2.24) is 14.3 Å². The van der Waals surface area contributed by atoms with Crippen molar-refractivity contribution in [3.05, 3.63) is 47.0 Å². The van der Waals surface area contributed by atoms with E-state index in [1.54, 1.807) is 18.0 Å². The van der Waals surface area contributed by atoms with Crippen molar-refractivity contribution in [2.75, 3.05) is 11.4 Å². The number of alkyl halides is 6. The van der Waals surface area contributed by atoms with Gasteiger partial charge in [0.05, 0.1) is 24.0 Å². The zero-order chi connectivity index (χ0) is 26.3. The van der Waals surface area contributed by atoms with Gasteiger partial charge in [-0.1, -0.05) is 25.7 Å². The molecule has 0 unspecified atom stereocenters. The molecule has 1 aromatic carbocycles. The average Bonchev–Trinajstić information content (AvgIpc) is 3.41. The van der Waals surface area contributed by atoms with E-state index >= 15 is 0 Å². The number of nitrogens with zero attached hydrogens (tertiary/aromatic N) is 3. The van der Waals surface area contributed by atoms with Crippen LogP contribution in [-0.2, 0) is 29.3 Å². The normalized spacial score (nSPS) is 20.5. The van der Waals surface area contributed by atoms with E-state index in [0.29, 0.717) is 30.3 Å². The van der Waals surface area contributed by atoms with Gasteiger partial charge in [0.25, 0.3) is 0 Å². The smallest absolute Gasteiger partial charge is 0.361 e. The summed E-state index contributed by atoms with van der Waals surface area (Å²) in [6.45, 7) is 0.566. The Bertz CT molecular complexity index is 1170. The van der Waals surface area contributed by atoms with Gasteiger partial charge in [-0.3, -0.25) is 0 Å². The summed E-state index contributed by atoms with van der Waals surface area (Å²) >= 11 is 0. The molecule has 0 amide bonds. The Hall–Kier alpha value is -2.28. The van der Waals surface area contributed by atoms with E-state index in [-0.39, 0.29) is 22.1 Å². The minimum atomic E-state index is -5.77. The number of fused-ring (bicyclic) bond motifs is 1. The van der Waals surface area contributed by atoms with Crippen LogP contribution >= 0.6 is 0 Å². The molecule has 1 saturated carbocycles. The Labute approximate surface area is 205 Å². The molecule has 0 radical (unpaired) electrons. The minimum absolute atomic E-state index is 0.128. The molecule has 200 valence electrons. The van der Waals surface area contributed by atoms with Crippen molar-refractivity contribution >= 4 is 15.7 Å².